The molecule has 3 aromatic rings. The summed E-state index contributed by atoms with van der Waals surface area (Å²) in [4.78, 5) is 36.8. The topological polar surface area (TPSA) is 127 Å². The monoisotopic (exact) mass is 432 g/mol. The Bertz CT molecular complexity index is 1170. The second kappa shape index (κ2) is 9.85. The van der Waals surface area contributed by atoms with Crippen molar-refractivity contribution in [1.82, 2.24) is 24.4 Å². The molecule has 32 heavy (non-hydrogen) atoms. The fourth-order valence-electron chi connectivity index (χ4n) is 2.88. The van der Waals surface area contributed by atoms with E-state index in [0.29, 0.717) is 48.6 Å². The summed E-state index contributed by atoms with van der Waals surface area (Å²) in [6.45, 7) is 2.24. The molecule has 0 radical (unpaired) electrons. The number of aromatic nitrogens is 4. The average Bonchev–Trinajstić information content (AvgIpc) is 3.36. The van der Waals surface area contributed by atoms with Gasteiger partial charge < -0.3 is 15.7 Å². The minimum Gasteiger partial charge on any atom is -0.378 e. The van der Waals surface area contributed by atoms with Crippen molar-refractivity contribution in [1.29, 1.82) is 0 Å². The van der Waals surface area contributed by atoms with Crippen LogP contribution < -0.4 is 5.73 Å². The fourth-order valence-corrected chi connectivity index (χ4v) is 2.88. The van der Waals surface area contributed by atoms with Crippen LogP contribution in [0.4, 0.5) is 0 Å². The first kappa shape index (κ1) is 22.7. The molecule has 0 bridgehead atoms. The average molecular weight is 432 g/mol. The summed E-state index contributed by atoms with van der Waals surface area (Å²) in [6, 6.07) is 8.67. The van der Waals surface area contributed by atoms with Crippen molar-refractivity contribution in [3.05, 3.63) is 60.3 Å². The minimum absolute atomic E-state index is 0.0786. The molecule has 0 aliphatic carbocycles. The normalized spacial score (nSPS) is 12.3. The van der Waals surface area contributed by atoms with E-state index in [1.807, 2.05) is 6.92 Å². The summed E-state index contributed by atoms with van der Waals surface area (Å²) in [7, 11) is 1.65. The number of rotatable bonds is 8. The van der Waals surface area contributed by atoms with E-state index in [4.69, 9.17) is 5.73 Å². The molecule has 2 heterocycles. The van der Waals surface area contributed by atoms with Crippen LogP contribution in [-0.2, 0) is 4.79 Å². The molecule has 1 aromatic carbocycles. The summed E-state index contributed by atoms with van der Waals surface area (Å²) < 4.78 is 1.65. The standard InChI is InChI=1S/C23H24N6O3/c1-3-23(32,9-11-28(2)16-30)8-7-17-5-4-6-18(13-17)22-26-19(21(24)31)14-20(27-22)29-12-10-25-15-29/h4-6,10,12-16,32H,3,9,11H2,1-2H3,(H2,24,31). The van der Waals surface area contributed by atoms with Crippen LogP contribution in [0.2, 0.25) is 0 Å². The highest BCUT2D eigenvalue weighted by Crippen LogP contribution is 2.20. The van der Waals surface area contributed by atoms with Crippen molar-refractivity contribution in [2.75, 3.05) is 13.6 Å². The van der Waals surface area contributed by atoms with Crippen LogP contribution in [0.25, 0.3) is 17.2 Å². The lowest BCUT2D eigenvalue weighted by atomic mass is 9.96. The Morgan fingerprint density at radius 3 is 2.81 bits per heavy atom. The van der Waals surface area contributed by atoms with E-state index >= 15 is 0 Å². The van der Waals surface area contributed by atoms with E-state index in [2.05, 4.69) is 26.8 Å². The molecule has 0 saturated heterocycles. The smallest absolute Gasteiger partial charge is 0.267 e. The van der Waals surface area contributed by atoms with Gasteiger partial charge in [-0.15, -0.1) is 0 Å². The molecule has 164 valence electrons. The molecule has 0 spiro atoms. The van der Waals surface area contributed by atoms with Gasteiger partial charge in [0.2, 0.25) is 6.41 Å². The van der Waals surface area contributed by atoms with Crippen LogP contribution in [-0.4, -0.2) is 61.0 Å². The Morgan fingerprint density at radius 1 is 1.34 bits per heavy atom. The third-order valence-electron chi connectivity index (χ3n) is 4.94. The summed E-state index contributed by atoms with van der Waals surface area (Å²) in [5, 5.41) is 10.8. The predicted molar refractivity (Wildman–Crippen MR) is 119 cm³/mol. The first-order valence-corrected chi connectivity index (χ1v) is 10.0. The van der Waals surface area contributed by atoms with Gasteiger partial charge >= 0.3 is 0 Å². The highest BCUT2D eigenvalue weighted by molar-refractivity contribution is 5.91. The third kappa shape index (κ3) is 5.56. The molecule has 0 aliphatic heterocycles. The largest absolute Gasteiger partial charge is 0.378 e. The molecule has 3 rings (SSSR count). The summed E-state index contributed by atoms with van der Waals surface area (Å²) in [5.74, 6) is 6.02. The lowest BCUT2D eigenvalue weighted by Crippen LogP contribution is -2.31. The van der Waals surface area contributed by atoms with Crippen molar-refractivity contribution in [3.63, 3.8) is 0 Å². The van der Waals surface area contributed by atoms with Gasteiger partial charge in [-0.1, -0.05) is 30.9 Å². The molecule has 0 saturated carbocycles. The summed E-state index contributed by atoms with van der Waals surface area (Å²) in [6.07, 6.45) is 6.33. The zero-order chi connectivity index (χ0) is 23.1. The Labute approximate surface area is 185 Å². The van der Waals surface area contributed by atoms with Gasteiger partial charge in [0.1, 0.15) is 23.4 Å². The number of imidazole rings is 1. The van der Waals surface area contributed by atoms with Gasteiger partial charge in [0.05, 0.1) is 0 Å². The van der Waals surface area contributed by atoms with E-state index in [1.165, 1.54) is 11.0 Å². The molecule has 9 nitrogen and oxygen atoms in total. The summed E-state index contributed by atoms with van der Waals surface area (Å²) in [5.41, 5.74) is 5.60. The quantitative estimate of drug-likeness (QED) is 0.409. The molecule has 0 aliphatic rings. The lowest BCUT2D eigenvalue weighted by molar-refractivity contribution is -0.117. The van der Waals surface area contributed by atoms with Crippen molar-refractivity contribution in [2.45, 2.75) is 25.4 Å². The van der Waals surface area contributed by atoms with Crippen molar-refractivity contribution < 1.29 is 14.7 Å². The van der Waals surface area contributed by atoms with Gasteiger partial charge in [-0.05, 0) is 18.6 Å². The van der Waals surface area contributed by atoms with Crippen molar-refractivity contribution >= 4 is 12.3 Å². The van der Waals surface area contributed by atoms with Gasteiger partial charge in [0.25, 0.3) is 5.91 Å². The third-order valence-corrected chi connectivity index (χ3v) is 4.94. The van der Waals surface area contributed by atoms with Gasteiger partial charge in [0.15, 0.2) is 5.82 Å². The zero-order valence-electron chi connectivity index (χ0n) is 17.9. The number of benzene rings is 1. The van der Waals surface area contributed by atoms with Crippen LogP contribution in [0.15, 0.2) is 49.1 Å². The van der Waals surface area contributed by atoms with Gasteiger partial charge in [-0.3, -0.25) is 14.2 Å². The van der Waals surface area contributed by atoms with Gasteiger partial charge in [0, 0.05) is 49.6 Å². The molecule has 0 fully saturated rings. The Morgan fingerprint density at radius 2 is 2.16 bits per heavy atom. The molecule has 1 atom stereocenters. The second-order valence-corrected chi connectivity index (χ2v) is 7.32. The number of hydrogen-bond donors (Lipinski definition) is 2. The molecular weight excluding hydrogens is 408 g/mol. The lowest BCUT2D eigenvalue weighted by Gasteiger charge is -2.22. The van der Waals surface area contributed by atoms with E-state index in [1.54, 1.807) is 54.6 Å². The Balaban J connectivity index is 1.94. The number of primary amides is 1. The maximum absolute atomic E-state index is 11.8. The van der Waals surface area contributed by atoms with Crippen LogP contribution in [0, 0.1) is 11.8 Å². The van der Waals surface area contributed by atoms with E-state index in [9.17, 15) is 14.7 Å². The number of aliphatic hydroxyl groups is 1. The summed E-state index contributed by atoms with van der Waals surface area (Å²) >= 11 is 0. The maximum atomic E-state index is 11.8. The number of nitrogens with two attached hydrogens (primary N) is 1. The first-order chi connectivity index (χ1) is 15.3. The molecule has 9 heteroatoms. The Hall–Kier alpha value is -4.03. The van der Waals surface area contributed by atoms with Crippen LogP contribution in [0.1, 0.15) is 35.8 Å². The number of hydrogen-bond acceptors (Lipinski definition) is 6. The highest BCUT2D eigenvalue weighted by Gasteiger charge is 2.22. The van der Waals surface area contributed by atoms with E-state index < -0.39 is 11.5 Å². The van der Waals surface area contributed by atoms with E-state index in [-0.39, 0.29) is 5.69 Å². The molecule has 2 aromatic heterocycles. The first-order valence-electron chi connectivity index (χ1n) is 10.0. The van der Waals surface area contributed by atoms with Crippen LogP contribution in [0.3, 0.4) is 0 Å². The van der Waals surface area contributed by atoms with Crippen LogP contribution in [0.5, 0.6) is 0 Å². The van der Waals surface area contributed by atoms with E-state index in [0.717, 1.165) is 0 Å². The molecule has 1 unspecified atom stereocenters. The number of nitrogens with zero attached hydrogens (tertiary/aromatic N) is 5. The predicted octanol–water partition coefficient (Wildman–Crippen LogP) is 1.40. The van der Waals surface area contributed by atoms with Crippen molar-refractivity contribution in [2.24, 2.45) is 5.73 Å². The number of amides is 2. The number of carbonyl (C=O) groups excluding carboxylic acids is 2. The zero-order valence-corrected chi connectivity index (χ0v) is 17.9. The second-order valence-electron chi connectivity index (χ2n) is 7.32. The highest BCUT2D eigenvalue weighted by atomic mass is 16.3. The number of carbonyl (C=O) groups is 2. The Kier molecular flexibility index (Phi) is 6.97. The molecule has 3 N–H and O–H groups in total. The minimum atomic E-state index is -1.22. The van der Waals surface area contributed by atoms with Gasteiger partial charge in [-0.25, -0.2) is 15.0 Å². The fraction of sp³-hybridized carbons (Fsp3) is 0.261. The van der Waals surface area contributed by atoms with Gasteiger partial charge in [-0.2, -0.15) is 0 Å². The van der Waals surface area contributed by atoms with Crippen LogP contribution >= 0.6 is 0 Å². The van der Waals surface area contributed by atoms with Crippen molar-refractivity contribution in [3.8, 4) is 29.0 Å². The molecular formula is C23H24N6O3. The maximum Gasteiger partial charge on any atom is 0.267 e. The SMILES string of the molecule is CCC(O)(C#Cc1cccc(-c2nc(C(N)=O)cc(-n3ccnc3)n2)c1)CCN(C)C=O. The molecule has 2 amide bonds.